The van der Waals surface area contributed by atoms with Crippen LogP contribution in [0.3, 0.4) is 0 Å². The van der Waals surface area contributed by atoms with Crippen LogP contribution < -0.4 is 0 Å². The molecule has 62 heavy (non-hydrogen) atoms. The van der Waals surface area contributed by atoms with E-state index in [9.17, 15) is 0 Å². The largest absolute Gasteiger partial charge is 0.377 e. The highest BCUT2D eigenvalue weighted by Gasteiger charge is 2.56. The molecule has 5 fully saturated rings. The van der Waals surface area contributed by atoms with E-state index < -0.39 is 74.0 Å². The van der Waals surface area contributed by atoms with Gasteiger partial charge in [0.05, 0.1) is 79.3 Å². The Morgan fingerprint density at radius 3 is 1.15 bits per heavy atom. The quantitative estimate of drug-likeness (QED) is 0.215. The van der Waals surface area contributed by atoms with Crippen LogP contribution in [0.2, 0.25) is 0 Å². The van der Waals surface area contributed by atoms with Gasteiger partial charge in [0.2, 0.25) is 0 Å². The van der Waals surface area contributed by atoms with Crippen LogP contribution >= 0.6 is 0 Å². The van der Waals surface area contributed by atoms with E-state index in [2.05, 4.69) is 0 Å². The average molecular weight is 857 g/mol. The number of rotatable bonds is 8. The number of fused-ring (bicyclic) bond motifs is 8. The molecule has 0 spiro atoms. The van der Waals surface area contributed by atoms with Gasteiger partial charge in [-0.1, -0.05) is 121 Å². The summed E-state index contributed by atoms with van der Waals surface area (Å²) < 4.78 is 91.5. The summed E-state index contributed by atoms with van der Waals surface area (Å²) in [7, 11) is 0. The number of hydrogen-bond acceptors (Lipinski definition) is 14. The molecule has 14 heteroatoms. The van der Waals surface area contributed by atoms with Crippen molar-refractivity contribution >= 4 is 0 Å². The highest BCUT2D eigenvalue weighted by molar-refractivity contribution is 5.19. The van der Waals surface area contributed by atoms with Gasteiger partial charge in [-0.15, -0.1) is 0 Å². The molecule has 332 valence electrons. The van der Waals surface area contributed by atoms with Crippen LogP contribution in [0.1, 0.15) is 34.8 Å². The predicted octanol–water partition coefficient (Wildman–Crippen LogP) is 5.69. The van der Waals surface area contributed by atoms with Gasteiger partial charge in [0.15, 0.2) is 25.2 Å². The van der Waals surface area contributed by atoms with Crippen molar-refractivity contribution in [1.82, 2.24) is 0 Å². The van der Waals surface area contributed by atoms with Gasteiger partial charge in [0.25, 0.3) is 0 Å². The predicted molar refractivity (Wildman–Crippen MR) is 220 cm³/mol. The first kappa shape index (κ1) is 43.6. The Labute approximate surface area is 362 Å². The topological polar surface area (TPSA) is 129 Å². The first-order valence-corrected chi connectivity index (χ1v) is 21.6. The van der Waals surface area contributed by atoms with E-state index >= 15 is 0 Å². The molecule has 0 saturated carbocycles. The van der Waals surface area contributed by atoms with Crippen molar-refractivity contribution in [2.24, 2.45) is 0 Å². The van der Waals surface area contributed by atoms with Gasteiger partial charge in [0.1, 0.15) is 48.8 Å². The van der Waals surface area contributed by atoms with Gasteiger partial charge >= 0.3 is 0 Å². The molecule has 2 unspecified atom stereocenters. The number of ether oxygens (including phenoxy) is 14. The maximum atomic E-state index is 7.04. The Bertz CT molecular complexity index is 1740. The second-order valence-corrected chi connectivity index (χ2v) is 15.6. The Balaban J connectivity index is 1.05. The molecule has 0 aromatic heterocycles. The fourth-order valence-corrected chi connectivity index (χ4v) is 8.30. The highest BCUT2D eigenvalue weighted by Crippen LogP contribution is 2.41. The third-order valence-corrected chi connectivity index (χ3v) is 11.4. The molecule has 12 atom stereocenters. The van der Waals surface area contributed by atoms with E-state index in [0.29, 0.717) is 39.6 Å². The van der Waals surface area contributed by atoms with E-state index in [0.717, 1.165) is 22.3 Å². The third kappa shape index (κ3) is 11.2. The molecule has 4 aromatic carbocycles. The minimum atomic E-state index is -1.04. The lowest BCUT2D eigenvalue weighted by atomic mass is 9.96. The van der Waals surface area contributed by atoms with Crippen LogP contribution in [-0.4, -0.2) is 127 Å². The summed E-state index contributed by atoms with van der Waals surface area (Å²) in [5.41, 5.74) is 3.70. The van der Waals surface area contributed by atoms with Gasteiger partial charge in [-0.05, 0) is 11.1 Å². The third-order valence-electron chi connectivity index (χ3n) is 11.4. The van der Waals surface area contributed by atoms with Crippen LogP contribution in [0.5, 0.6) is 0 Å². The maximum absolute atomic E-state index is 7.04. The Morgan fingerprint density at radius 1 is 0.371 bits per heavy atom. The van der Waals surface area contributed by atoms with E-state index in [1.54, 1.807) is 0 Å². The minimum absolute atomic E-state index is 0.210. The second kappa shape index (κ2) is 22.3. The Kier molecular flexibility index (Phi) is 15.7. The van der Waals surface area contributed by atoms with Gasteiger partial charge in [0, 0.05) is 11.1 Å². The van der Waals surface area contributed by atoms with Crippen molar-refractivity contribution in [3.05, 3.63) is 144 Å². The van der Waals surface area contributed by atoms with Crippen LogP contribution in [0.4, 0.5) is 0 Å². The molecule has 14 nitrogen and oxygen atoms in total. The zero-order valence-corrected chi connectivity index (χ0v) is 34.7. The molecule has 4 bridgehead atoms. The smallest absolute Gasteiger partial charge is 0.190 e. The van der Waals surface area contributed by atoms with Crippen LogP contribution in [0.15, 0.2) is 121 Å². The molecular formula is C48H56O14. The van der Waals surface area contributed by atoms with Gasteiger partial charge in [-0.3, -0.25) is 0 Å². The van der Waals surface area contributed by atoms with Crippen molar-refractivity contribution in [2.75, 3.05) is 66.1 Å². The lowest BCUT2D eigenvalue weighted by Gasteiger charge is -2.52. The molecule has 5 aliphatic rings. The van der Waals surface area contributed by atoms with Gasteiger partial charge in [-0.25, -0.2) is 0 Å². The molecule has 9 rings (SSSR count). The van der Waals surface area contributed by atoms with Crippen molar-refractivity contribution in [1.29, 1.82) is 0 Å². The van der Waals surface area contributed by atoms with E-state index in [4.69, 9.17) is 66.3 Å². The summed E-state index contributed by atoms with van der Waals surface area (Å²) in [5, 5.41) is 0. The molecule has 5 heterocycles. The van der Waals surface area contributed by atoms with E-state index in [1.165, 1.54) is 0 Å². The lowest BCUT2D eigenvalue weighted by Crippen LogP contribution is -2.67. The second-order valence-electron chi connectivity index (χ2n) is 15.6. The average Bonchev–Trinajstić information content (AvgIpc) is 3.32. The normalized spacial score (nSPS) is 33.9. The van der Waals surface area contributed by atoms with Crippen LogP contribution in [0, 0.1) is 0 Å². The maximum Gasteiger partial charge on any atom is 0.190 e. The molecule has 0 aliphatic carbocycles. The van der Waals surface area contributed by atoms with Crippen molar-refractivity contribution in [3.63, 3.8) is 0 Å². The molecular weight excluding hydrogens is 801 g/mol. The first-order chi connectivity index (χ1) is 30.8. The molecule has 5 saturated heterocycles. The summed E-state index contributed by atoms with van der Waals surface area (Å²) in [6, 6.07) is 39.5. The monoisotopic (exact) mass is 856 g/mol. The molecule has 0 radical (unpaired) electrons. The van der Waals surface area contributed by atoms with Crippen LogP contribution in [-0.2, 0) is 79.5 Å². The minimum Gasteiger partial charge on any atom is -0.377 e. The summed E-state index contributed by atoms with van der Waals surface area (Å²) in [6.45, 7) is 3.65. The van der Waals surface area contributed by atoms with Crippen LogP contribution in [0.25, 0.3) is 0 Å². The zero-order chi connectivity index (χ0) is 41.8. The standard InChI is InChI=1S/C48H56O14/c1-5-13-33(14-6-1)29-54-43-41-39-37(31-56-45(60-39)35-17-9-3-10-18-35)58-47(43)62-48-44(55-30-34-15-7-2-8-16-34)42(53-28-26-51-24-22-49-21-23-50-25-27-52-41)40-38(59-48)32-57-46(61-40)36-19-11-4-12-20-36/h1-20,37-48H,21-32H2/t37-,38-,39-,40-,41+,42+,43-,44-,45?,46?,47-,48-/m1/s1. The Hall–Kier alpha value is -3.68. The molecule has 4 aromatic rings. The summed E-state index contributed by atoms with van der Waals surface area (Å²) in [5.74, 6) is 0. The molecule has 0 amide bonds. The van der Waals surface area contributed by atoms with Crippen molar-refractivity contribution < 1.29 is 66.3 Å². The summed E-state index contributed by atoms with van der Waals surface area (Å²) in [4.78, 5) is 0. The molecule has 5 aliphatic heterocycles. The van der Waals surface area contributed by atoms with Gasteiger partial charge < -0.3 is 66.3 Å². The fraction of sp³-hybridized carbons (Fsp3) is 0.500. The number of benzene rings is 4. The highest BCUT2D eigenvalue weighted by atomic mass is 16.8. The summed E-state index contributed by atoms with van der Waals surface area (Å²) >= 11 is 0. The van der Waals surface area contributed by atoms with E-state index in [1.807, 2.05) is 121 Å². The number of hydrogen-bond donors (Lipinski definition) is 0. The van der Waals surface area contributed by atoms with Crippen molar-refractivity contribution in [3.8, 4) is 0 Å². The fourth-order valence-electron chi connectivity index (χ4n) is 8.30. The van der Waals surface area contributed by atoms with Gasteiger partial charge in [-0.2, -0.15) is 0 Å². The van der Waals surface area contributed by atoms with E-state index in [-0.39, 0.29) is 39.6 Å². The Morgan fingerprint density at radius 2 is 0.742 bits per heavy atom. The lowest BCUT2D eigenvalue weighted by molar-refractivity contribution is -0.421. The van der Waals surface area contributed by atoms with Crippen molar-refractivity contribution in [2.45, 2.75) is 87.2 Å². The first-order valence-electron chi connectivity index (χ1n) is 21.6. The SMILES string of the molecule is c1ccc(CO[C@H]2[C@H]3O[C@H]4O[C@@H]5COC(c6ccccc6)O[C@H]5[C@H](OCCOCCOCCOCCO[C@H]2[C@@H]2OC(c5ccccc5)OC[C@H]2O3)[C@H]4OCc2ccccc2)cc1. The summed E-state index contributed by atoms with van der Waals surface area (Å²) in [6.07, 6.45) is -8.73. The molecule has 0 N–H and O–H groups in total. The zero-order valence-electron chi connectivity index (χ0n) is 34.7.